The lowest BCUT2D eigenvalue weighted by molar-refractivity contribution is -0.131. The number of aryl methyl sites for hydroxylation is 2. The second-order valence-corrected chi connectivity index (χ2v) is 7.73. The smallest absolute Gasteiger partial charge is 0.336 e. The van der Waals surface area contributed by atoms with Crippen LogP contribution in [0.1, 0.15) is 17.5 Å². The van der Waals surface area contributed by atoms with Gasteiger partial charge in [-0.1, -0.05) is 12.1 Å². The molecule has 0 radical (unpaired) electrons. The summed E-state index contributed by atoms with van der Waals surface area (Å²) in [7, 11) is 1.56. The van der Waals surface area contributed by atoms with Crippen molar-refractivity contribution in [1.82, 2.24) is 4.90 Å². The number of anilines is 1. The van der Waals surface area contributed by atoms with E-state index < -0.39 is 5.63 Å². The van der Waals surface area contributed by atoms with E-state index in [1.807, 2.05) is 28.9 Å². The minimum atomic E-state index is -0.399. The number of nitrogens with zero attached hydrogens (tertiary/aromatic N) is 2. The summed E-state index contributed by atoms with van der Waals surface area (Å²) >= 11 is 0. The molecule has 1 amide bonds. The molecule has 4 rings (SSSR count). The number of carbonyl (C=O) groups excluding carboxylic acids is 1. The number of amides is 1. The molecule has 0 unspecified atom stereocenters. The van der Waals surface area contributed by atoms with E-state index in [1.54, 1.807) is 25.3 Å². The first-order valence-electron chi connectivity index (χ1n) is 10.3. The van der Waals surface area contributed by atoms with Gasteiger partial charge < -0.3 is 19.0 Å². The minimum absolute atomic E-state index is 0.0617. The van der Waals surface area contributed by atoms with Crippen molar-refractivity contribution in [2.24, 2.45) is 0 Å². The molecule has 0 saturated carbocycles. The topological polar surface area (TPSA) is 63.0 Å². The summed E-state index contributed by atoms with van der Waals surface area (Å²) in [6, 6.07) is 11.8. The average molecular weight is 424 g/mol. The van der Waals surface area contributed by atoms with E-state index in [1.165, 1.54) is 12.1 Å². The number of halogens is 1. The Morgan fingerprint density at radius 3 is 2.58 bits per heavy atom. The molecule has 1 aliphatic heterocycles. The first-order valence-corrected chi connectivity index (χ1v) is 10.3. The third-order valence-electron chi connectivity index (χ3n) is 5.79. The molecule has 3 aromatic rings. The lowest BCUT2D eigenvalue weighted by Crippen LogP contribution is -2.49. The molecular formula is C24H25FN2O4. The van der Waals surface area contributed by atoms with Crippen molar-refractivity contribution in [3.8, 4) is 5.75 Å². The molecule has 2 heterocycles. The number of hydrogen-bond acceptors (Lipinski definition) is 5. The molecule has 1 aliphatic rings. The fourth-order valence-electron chi connectivity index (χ4n) is 4.08. The molecule has 0 N–H and O–H groups in total. The normalized spacial score (nSPS) is 14.2. The van der Waals surface area contributed by atoms with Crippen LogP contribution in [-0.2, 0) is 11.2 Å². The number of para-hydroxylation sites is 1. The highest BCUT2D eigenvalue weighted by Crippen LogP contribution is 2.28. The minimum Gasteiger partial charge on any atom is -0.496 e. The molecule has 31 heavy (non-hydrogen) atoms. The lowest BCUT2D eigenvalue weighted by Gasteiger charge is -2.36. The van der Waals surface area contributed by atoms with Crippen LogP contribution in [0.15, 0.2) is 51.7 Å². The van der Waals surface area contributed by atoms with Crippen molar-refractivity contribution in [2.45, 2.75) is 19.8 Å². The standard InChI is InChI=1S/C24H25FN2O4/c1-16-13-24(29)31-22-15-21(30-2)17(14-18(16)22)7-8-23(28)27-11-9-26(10-12-27)20-6-4-3-5-19(20)25/h3-6,13-15H,7-12H2,1-2H3. The highest BCUT2D eigenvalue weighted by Gasteiger charge is 2.23. The van der Waals surface area contributed by atoms with Crippen molar-refractivity contribution < 1.29 is 18.3 Å². The van der Waals surface area contributed by atoms with Crippen LogP contribution < -0.4 is 15.3 Å². The van der Waals surface area contributed by atoms with Gasteiger partial charge in [-0.15, -0.1) is 0 Å². The summed E-state index contributed by atoms with van der Waals surface area (Å²) in [4.78, 5) is 28.2. The first kappa shape index (κ1) is 20.9. The SMILES string of the molecule is COc1cc2oc(=O)cc(C)c2cc1CCC(=O)N1CCN(c2ccccc2F)CC1. The van der Waals surface area contributed by atoms with Crippen molar-refractivity contribution in [3.63, 3.8) is 0 Å². The molecular weight excluding hydrogens is 399 g/mol. The van der Waals surface area contributed by atoms with Gasteiger partial charge in [0.2, 0.25) is 5.91 Å². The number of hydrogen-bond donors (Lipinski definition) is 0. The van der Waals surface area contributed by atoms with Gasteiger partial charge in [-0.05, 0) is 42.7 Å². The number of methoxy groups -OCH3 is 1. The Morgan fingerprint density at radius 1 is 1.13 bits per heavy atom. The van der Waals surface area contributed by atoms with Crippen molar-refractivity contribution in [3.05, 3.63) is 69.8 Å². The zero-order valence-corrected chi connectivity index (χ0v) is 17.7. The molecule has 1 aromatic heterocycles. The van der Waals surface area contributed by atoms with Crippen LogP contribution in [0.4, 0.5) is 10.1 Å². The fraction of sp³-hybridized carbons (Fsp3) is 0.333. The van der Waals surface area contributed by atoms with Gasteiger partial charge in [0.05, 0.1) is 12.8 Å². The lowest BCUT2D eigenvalue weighted by atomic mass is 10.0. The van der Waals surface area contributed by atoms with E-state index in [-0.39, 0.29) is 11.7 Å². The maximum absolute atomic E-state index is 14.0. The van der Waals surface area contributed by atoms with E-state index in [0.717, 1.165) is 16.5 Å². The monoisotopic (exact) mass is 424 g/mol. The van der Waals surface area contributed by atoms with Gasteiger partial charge in [0.1, 0.15) is 17.1 Å². The molecule has 1 fully saturated rings. The number of fused-ring (bicyclic) bond motifs is 1. The number of rotatable bonds is 5. The van der Waals surface area contributed by atoms with Crippen LogP contribution in [0.2, 0.25) is 0 Å². The molecule has 0 aliphatic carbocycles. The van der Waals surface area contributed by atoms with Crippen molar-refractivity contribution in [1.29, 1.82) is 0 Å². The van der Waals surface area contributed by atoms with Crippen molar-refractivity contribution >= 4 is 22.6 Å². The highest BCUT2D eigenvalue weighted by atomic mass is 19.1. The summed E-state index contributed by atoms with van der Waals surface area (Å²) in [6.45, 7) is 4.18. The Kier molecular flexibility index (Phi) is 5.93. The van der Waals surface area contributed by atoms with Crippen LogP contribution in [0.3, 0.4) is 0 Å². The average Bonchev–Trinajstić information content (AvgIpc) is 2.77. The van der Waals surface area contributed by atoms with Crippen LogP contribution >= 0.6 is 0 Å². The molecule has 7 heteroatoms. The van der Waals surface area contributed by atoms with Gasteiger partial charge in [-0.3, -0.25) is 4.79 Å². The zero-order chi connectivity index (χ0) is 22.0. The van der Waals surface area contributed by atoms with Gasteiger partial charge in [0.25, 0.3) is 0 Å². The summed E-state index contributed by atoms with van der Waals surface area (Å²) in [5.74, 6) is 0.418. The molecule has 0 bridgehead atoms. The van der Waals surface area contributed by atoms with E-state index in [2.05, 4.69) is 0 Å². The second-order valence-electron chi connectivity index (χ2n) is 7.73. The van der Waals surface area contributed by atoms with Crippen LogP contribution in [0, 0.1) is 12.7 Å². The Labute approximate surface area is 179 Å². The quantitative estimate of drug-likeness (QED) is 0.587. The Morgan fingerprint density at radius 2 is 1.87 bits per heavy atom. The third-order valence-corrected chi connectivity index (χ3v) is 5.79. The Hall–Kier alpha value is -3.35. The molecule has 162 valence electrons. The highest BCUT2D eigenvalue weighted by molar-refractivity contribution is 5.83. The number of benzene rings is 2. The van der Waals surface area contributed by atoms with Crippen molar-refractivity contribution in [2.75, 3.05) is 38.2 Å². The van der Waals surface area contributed by atoms with E-state index in [9.17, 15) is 14.0 Å². The Balaban J connectivity index is 1.42. The van der Waals surface area contributed by atoms with E-state index in [4.69, 9.17) is 9.15 Å². The van der Waals surface area contributed by atoms with E-state index >= 15 is 0 Å². The predicted molar refractivity (Wildman–Crippen MR) is 117 cm³/mol. The van der Waals surface area contributed by atoms with Gasteiger partial charge in [-0.2, -0.15) is 0 Å². The number of ether oxygens (including phenoxy) is 1. The van der Waals surface area contributed by atoms with Crippen LogP contribution in [0.25, 0.3) is 11.0 Å². The largest absolute Gasteiger partial charge is 0.496 e. The predicted octanol–water partition coefficient (Wildman–Crippen LogP) is 3.53. The summed E-state index contributed by atoms with van der Waals surface area (Å²) in [5.41, 5.74) is 2.37. The number of carbonyl (C=O) groups is 1. The second kappa shape index (κ2) is 8.79. The number of piperazine rings is 1. The maximum atomic E-state index is 14.0. The fourth-order valence-corrected chi connectivity index (χ4v) is 4.08. The molecule has 0 spiro atoms. The molecule has 1 saturated heterocycles. The van der Waals surface area contributed by atoms with E-state index in [0.29, 0.717) is 56.0 Å². The zero-order valence-electron chi connectivity index (χ0n) is 17.7. The van der Waals surface area contributed by atoms with Gasteiger partial charge in [0, 0.05) is 50.1 Å². The summed E-state index contributed by atoms with van der Waals surface area (Å²) in [6.07, 6.45) is 0.863. The van der Waals surface area contributed by atoms with Crippen LogP contribution in [-0.4, -0.2) is 44.1 Å². The first-order chi connectivity index (χ1) is 15.0. The molecule has 2 aromatic carbocycles. The maximum Gasteiger partial charge on any atom is 0.336 e. The Bertz CT molecular complexity index is 1170. The summed E-state index contributed by atoms with van der Waals surface area (Å²) < 4.78 is 24.7. The van der Waals surface area contributed by atoms with Gasteiger partial charge in [0.15, 0.2) is 0 Å². The van der Waals surface area contributed by atoms with Crippen LogP contribution in [0.5, 0.6) is 5.75 Å². The molecule has 0 atom stereocenters. The third kappa shape index (κ3) is 4.40. The van der Waals surface area contributed by atoms with Gasteiger partial charge in [-0.25, -0.2) is 9.18 Å². The van der Waals surface area contributed by atoms with Gasteiger partial charge >= 0.3 is 5.63 Å². The summed E-state index contributed by atoms with van der Waals surface area (Å²) in [5, 5.41) is 0.835. The molecule has 6 nitrogen and oxygen atoms in total.